The van der Waals surface area contributed by atoms with Gasteiger partial charge in [-0.1, -0.05) is 12.1 Å². The Kier molecular flexibility index (Phi) is 6.68. The van der Waals surface area contributed by atoms with Gasteiger partial charge in [0.05, 0.1) is 23.7 Å². The zero-order chi connectivity index (χ0) is 27.0. The SMILES string of the molecule is O=C(O)CC1c2ccc(F)cc2N=C(N2CCN(c3ccc(F)cc3)CC2)N1c1cccc(C(F)(F)F)c1. The Hall–Kier alpha value is -4.15. The van der Waals surface area contributed by atoms with Crippen LogP contribution in [0.1, 0.15) is 23.6 Å². The van der Waals surface area contributed by atoms with Crippen LogP contribution in [0.25, 0.3) is 0 Å². The number of nitrogens with zero attached hydrogens (tertiary/aromatic N) is 4. The quantitative estimate of drug-likeness (QED) is 0.431. The third-order valence-corrected chi connectivity index (χ3v) is 6.67. The monoisotopic (exact) mass is 530 g/mol. The molecule has 3 aromatic rings. The van der Waals surface area contributed by atoms with Crippen LogP contribution < -0.4 is 9.80 Å². The van der Waals surface area contributed by atoms with Crippen LogP contribution in [0.15, 0.2) is 71.7 Å². The Morgan fingerprint density at radius 1 is 0.868 bits per heavy atom. The van der Waals surface area contributed by atoms with Gasteiger partial charge < -0.3 is 19.8 Å². The standard InChI is InChI=1S/C27H23F5N4O2/c28-18-4-7-20(8-5-18)34-10-12-35(13-11-34)26-33-23-15-19(29)6-9-22(23)24(16-25(37)38)36(26)21-3-1-2-17(14-21)27(30,31)32/h1-9,14-15,24H,10-13,16H2,(H,37,38). The van der Waals surface area contributed by atoms with Crippen molar-refractivity contribution in [1.82, 2.24) is 4.90 Å². The van der Waals surface area contributed by atoms with E-state index in [0.29, 0.717) is 31.7 Å². The van der Waals surface area contributed by atoms with Crippen molar-refractivity contribution in [2.75, 3.05) is 36.0 Å². The van der Waals surface area contributed by atoms with Gasteiger partial charge in [0, 0.05) is 43.1 Å². The predicted molar refractivity (Wildman–Crippen MR) is 133 cm³/mol. The summed E-state index contributed by atoms with van der Waals surface area (Å²) in [6.07, 6.45) is -5.04. The molecule has 11 heteroatoms. The van der Waals surface area contributed by atoms with Gasteiger partial charge in [0.25, 0.3) is 0 Å². The minimum Gasteiger partial charge on any atom is -0.481 e. The molecule has 0 amide bonds. The van der Waals surface area contributed by atoms with Crippen molar-refractivity contribution in [2.45, 2.75) is 18.6 Å². The summed E-state index contributed by atoms with van der Waals surface area (Å²) in [5.74, 6) is -1.83. The maximum atomic E-state index is 14.2. The van der Waals surface area contributed by atoms with E-state index in [1.54, 1.807) is 12.1 Å². The zero-order valence-electron chi connectivity index (χ0n) is 20.0. The average molecular weight is 530 g/mol. The van der Waals surface area contributed by atoms with E-state index in [9.17, 15) is 31.9 Å². The third-order valence-electron chi connectivity index (χ3n) is 6.67. The van der Waals surface area contributed by atoms with Crippen LogP contribution in [0.5, 0.6) is 0 Å². The summed E-state index contributed by atoms with van der Waals surface area (Å²) < 4.78 is 68.3. The summed E-state index contributed by atoms with van der Waals surface area (Å²) in [5, 5.41) is 9.70. The number of halogens is 5. The number of carbonyl (C=O) groups is 1. The zero-order valence-corrected chi connectivity index (χ0v) is 20.0. The summed E-state index contributed by atoms with van der Waals surface area (Å²) in [6.45, 7) is 1.80. The first-order chi connectivity index (χ1) is 18.1. The summed E-state index contributed by atoms with van der Waals surface area (Å²) in [4.78, 5) is 21.9. The van der Waals surface area contributed by atoms with Gasteiger partial charge in [-0.25, -0.2) is 13.8 Å². The van der Waals surface area contributed by atoms with Crippen molar-refractivity contribution < 1.29 is 31.9 Å². The first kappa shape index (κ1) is 25.5. The second kappa shape index (κ2) is 9.96. The average Bonchev–Trinajstić information content (AvgIpc) is 2.88. The molecule has 0 aliphatic carbocycles. The molecule has 2 aliphatic rings. The van der Waals surface area contributed by atoms with E-state index in [1.165, 1.54) is 47.4 Å². The molecule has 2 aliphatic heterocycles. The number of piperazine rings is 1. The highest BCUT2D eigenvalue weighted by Crippen LogP contribution is 2.42. The number of anilines is 2. The van der Waals surface area contributed by atoms with E-state index in [4.69, 9.17) is 0 Å². The largest absolute Gasteiger partial charge is 0.481 e. The topological polar surface area (TPSA) is 59.4 Å². The molecule has 198 valence electrons. The van der Waals surface area contributed by atoms with Gasteiger partial charge >= 0.3 is 12.1 Å². The highest BCUT2D eigenvalue weighted by atomic mass is 19.4. The molecule has 1 unspecified atom stereocenters. The molecule has 0 radical (unpaired) electrons. The van der Waals surface area contributed by atoms with E-state index >= 15 is 0 Å². The molecule has 1 N–H and O–H groups in total. The number of aliphatic carboxylic acids is 1. The van der Waals surface area contributed by atoms with E-state index in [0.717, 1.165) is 17.8 Å². The van der Waals surface area contributed by atoms with E-state index in [1.807, 2.05) is 9.80 Å². The van der Waals surface area contributed by atoms with Crippen LogP contribution in [0.4, 0.5) is 39.0 Å². The molecule has 6 nitrogen and oxygen atoms in total. The highest BCUT2D eigenvalue weighted by Gasteiger charge is 2.38. The first-order valence-electron chi connectivity index (χ1n) is 11.9. The summed E-state index contributed by atoms with van der Waals surface area (Å²) in [7, 11) is 0. The molecule has 0 bridgehead atoms. The number of hydrogen-bond donors (Lipinski definition) is 1. The number of hydrogen-bond acceptors (Lipinski definition) is 5. The van der Waals surface area contributed by atoms with Crippen molar-refractivity contribution in [3.05, 3.63) is 89.5 Å². The van der Waals surface area contributed by atoms with Gasteiger partial charge in [0.2, 0.25) is 5.96 Å². The fraction of sp³-hybridized carbons (Fsp3) is 0.259. The Bertz CT molecular complexity index is 1370. The van der Waals surface area contributed by atoms with E-state index in [2.05, 4.69) is 4.99 Å². The normalized spacial score (nSPS) is 17.8. The molecule has 1 atom stereocenters. The van der Waals surface area contributed by atoms with Gasteiger partial charge in [-0.15, -0.1) is 0 Å². The third kappa shape index (κ3) is 5.13. The number of rotatable bonds is 4. The first-order valence-corrected chi connectivity index (χ1v) is 11.9. The van der Waals surface area contributed by atoms with Crippen molar-refractivity contribution in [1.29, 1.82) is 0 Å². The second-order valence-electron chi connectivity index (χ2n) is 9.10. The number of benzene rings is 3. The van der Waals surface area contributed by atoms with Crippen molar-refractivity contribution in [2.24, 2.45) is 4.99 Å². The molecule has 1 saturated heterocycles. The second-order valence-corrected chi connectivity index (χ2v) is 9.10. The Balaban J connectivity index is 1.55. The summed E-state index contributed by atoms with van der Waals surface area (Å²) >= 11 is 0. The van der Waals surface area contributed by atoms with Crippen molar-refractivity contribution in [3.63, 3.8) is 0 Å². The molecular weight excluding hydrogens is 507 g/mol. The number of alkyl halides is 3. The van der Waals surface area contributed by atoms with Crippen LogP contribution in [0.2, 0.25) is 0 Å². The Labute approximate surface area is 215 Å². The lowest BCUT2D eigenvalue weighted by Crippen LogP contribution is -2.55. The number of carboxylic acid groups (broad SMARTS) is 1. The number of guanidine groups is 1. The van der Waals surface area contributed by atoms with Gasteiger partial charge in [-0.3, -0.25) is 4.79 Å². The van der Waals surface area contributed by atoms with Crippen molar-refractivity contribution in [3.8, 4) is 0 Å². The van der Waals surface area contributed by atoms with Crippen LogP contribution in [-0.4, -0.2) is 48.1 Å². The van der Waals surface area contributed by atoms with Gasteiger partial charge in [-0.2, -0.15) is 13.2 Å². The molecule has 38 heavy (non-hydrogen) atoms. The Morgan fingerprint density at radius 3 is 2.18 bits per heavy atom. The smallest absolute Gasteiger partial charge is 0.416 e. The molecule has 0 saturated carbocycles. The fourth-order valence-corrected chi connectivity index (χ4v) is 4.87. The lowest BCUT2D eigenvalue weighted by Gasteiger charge is -2.45. The van der Waals surface area contributed by atoms with Crippen molar-refractivity contribution >= 4 is 29.0 Å². The molecule has 3 aromatic carbocycles. The highest BCUT2D eigenvalue weighted by molar-refractivity contribution is 6.01. The van der Waals surface area contributed by atoms with Gasteiger partial charge in [-0.05, 0) is 54.6 Å². The minimum absolute atomic E-state index is 0.126. The molecular formula is C27H23F5N4O2. The molecule has 2 heterocycles. The van der Waals surface area contributed by atoms with E-state index < -0.39 is 36.0 Å². The fourth-order valence-electron chi connectivity index (χ4n) is 4.87. The van der Waals surface area contributed by atoms with Crippen LogP contribution in [-0.2, 0) is 11.0 Å². The predicted octanol–water partition coefficient (Wildman–Crippen LogP) is 5.83. The van der Waals surface area contributed by atoms with Gasteiger partial charge in [0.1, 0.15) is 11.6 Å². The maximum absolute atomic E-state index is 14.2. The minimum atomic E-state index is -4.60. The molecule has 1 fully saturated rings. The number of fused-ring (bicyclic) bond motifs is 1. The van der Waals surface area contributed by atoms with Crippen LogP contribution >= 0.6 is 0 Å². The molecule has 5 rings (SSSR count). The summed E-state index contributed by atoms with van der Waals surface area (Å²) in [5.41, 5.74) is 0.702. The summed E-state index contributed by atoms with van der Waals surface area (Å²) in [6, 6.07) is 13.6. The maximum Gasteiger partial charge on any atom is 0.416 e. The Morgan fingerprint density at radius 2 is 1.53 bits per heavy atom. The lowest BCUT2D eigenvalue weighted by atomic mass is 9.97. The number of carboxylic acids is 1. The molecule has 0 aromatic heterocycles. The number of aliphatic imine (C=N–C) groups is 1. The van der Waals surface area contributed by atoms with Gasteiger partial charge in [0.15, 0.2) is 0 Å². The van der Waals surface area contributed by atoms with Crippen LogP contribution in [0.3, 0.4) is 0 Å². The van der Waals surface area contributed by atoms with Crippen LogP contribution in [0, 0.1) is 11.6 Å². The molecule has 0 spiro atoms. The van der Waals surface area contributed by atoms with E-state index in [-0.39, 0.29) is 23.2 Å². The lowest BCUT2D eigenvalue weighted by molar-refractivity contribution is -0.138.